The van der Waals surface area contributed by atoms with Crippen LogP contribution in [0.15, 0.2) is 18.2 Å². The molecule has 0 saturated heterocycles. The molecule has 1 rings (SSSR count). The second-order valence-corrected chi connectivity index (χ2v) is 5.03. The largest absolute Gasteiger partial charge is 0.326 e. The zero-order valence-corrected chi connectivity index (χ0v) is 11.7. The van der Waals surface area contributed by atoms with Crippen molar-refractivity contribution in [1.29, 1.82) is 0 Å². The lowest BCUT2D eigenvalue weighted by Crippen LogP contribution is -2.31. The zero-order chi connectivity index (χ0) is 12.8. The summed E-state index contributed by atoms with van der Waals surface area (Å²) in [6, 6.07) is 7.18. The number of nitrogens with zero attached hydrogens (tertiary/aromatic N) is 1. The molecule has 2 heteroatoms. The maximum Gasteiger partial charge on any atom is 0.0239 e. The molecule has 0 fully saturated rings. The van der Waals surface area contributed by atoms with Crippen LogP contribution in [0.1, 0.15) is 43.9 Å². The standard InChI is InChI=1S/C15H26N2/c1-5-8-17(12(2)3)11-15-7-6-14(10-16)9-13(15)4/h6-7,9,12H,5,8,10-11,16H2,1-4H3. The third-order valence-electron chi connectivity index (χ3n) is 3.26. The maximum absolute atomic E-state index is 5.66. The van der Waals surface area contributed by atoms with E-state index in [1.807, 2.05) is 0 Å². The van der Waals surface area contributed by atoms with Crippen LogP contribution in [0.2, 0.25) is 0 Å². The molecule has 2 N–H and O–H groups in total. The Morgan fingerprint density at radius 2 is 2.00 bits per heavy atom. The van der Waals surface area contributed by atoms with E-state index in [0.29, 0.717) is 12.6 Å². The van der Waals surface area contributed by atoms with Crippen LogP contribution in [0.25, 0.3) is 0 Å². The van der Waals surface area contributed by atoms with Gasteiger partial charge in [0.1, 0.15) is 0 Å². The summed E-state index contributed by atoms with van der Waals surface area (Å²) in [5.74, 6) is 0. The molecule has 2 nitrogen and oxygen atoms in total. The van der Waals surface area contributed by atoms with Crippen LogP contribution in [-0.2, 0) is 13.1 Å². The Hall–Kier alpha value is -0.860. The lowest BCUT2D eigenvalue weighted by molar-refractivity contribution is 0.213. The van der Waals surface area contributed by atoms with Crippen molar-refractivity contribution in [3.05, 3.63) is 34.9 Å². The first-order valence-corrected chi connectivity index (χ1v) is 6.61. The molecule has 0 aliphatic carbocycles. The molecule has 1 aromatic carbocycles. The van der Waals surface area contributed by atoms with Gasteiger partial charge >= 0.3 is 0 Å². The number of rotatable bonds is 6. The summed E-state index contributed by atoms with van der Waals surface area (Å²) in [5, 5.41) is 0. The Morgan fingerprint density at radius 1 is 1.29 bits per heavy atom. The number of benzene rings is 1. The van der Waals surface area contributed by atoms with Crippen molar-refractivity contribution in [3.63, 3.8) is 0 Å². The average Bonchev–Trinajstić information content (AvgIpc) is 2.30. The molecule has 0 saturated carbocycles. The van der Waals surface area contributed by atoms with Gasteiger partial charge in [-0.25, -0.2) is 0 Å². The molecule has 0 amide bonds. The van der Waals surface area contributed by atoms with E-state index in [0.717, 1.165) is 13.1 Å². The van der Waals surface area contributed by atoms with Crippen LogP contribution in [0.4, 0.5) is 0 Å². The first kappa shape index (κ1) is 14.2. The highest BCUT2D eigenvalue weighted by atomic mass is 15.1. The number of hydrogen-bond donors (Lipinski definition) is 1. The van der Waals surface area contributed by atoms with Crippen molar-refractivity contribution in [1.82, 2.24) is 4.90 Å². The van der Waals surface area contributed by atoms with Gasteiger partial charge in [0.2, 0.25) is 0 Å². The number of nitrogens with two attached hydrogens (primary N) is 1. The van der Waals surface area contributed by atoms with Crippen LogP contribution >= 0.6 is 0 Å². The fourth-order valence-corrected chi connectivity index (χ4v) is 2.09. The third-order valence-corrected chi connectivity index (χ3v) is 3.26. The second-order valence-electron chi connectivity index (χ2n) is 5.03. The highest BCUT2D eigenvalue weighted by Gasteiger charge is 2.10. The van der Waals surface area contributed by atoms with E-state index in [9.17, 15) is 0 Å². The summed E-state index contributed by atoms with van der Waals surface area (Å²) in [4.78, 5) is 2.52. The first-order chi connectivity index (χ1) is 8.08. The minimum atomic E-state index is 0.600. The zero-order valence-electron chi connectivity index (χ0n) is 11.7. The number of aryl methyl sites for hydroxylation is 1. The first-order valence-electron chi connectivity index (χ1n) is 6.61. The van der Waals surface area contributed by atoms with Crippen molar-refractivity contribution >= 4 is 0 Å². The second kappa shape index (κ2) is 6.77. The Kier molecular flexibility index (Phi) is 5.66. The van der Waals surface area contributed by atoms with Crippen molar-refractivity contribution in [2.45, 2.75) is 53.2 Å². The van der Waals surface area contributed by atoms with Crippen molar-refractivity contribution in [3.8, 4) is 0 Å². The normalized spacial score (nSPS) is 11.5. The molecular weight excluding hydrogens is 208 g/mol. The van der Waals surface area contributed by atoms with E-state index in [1.165, 1.54) is 23.1 Å². The van der Waals surface area contributed by atoms with Gasteiger partial charge in [0.05, 0.1) is 0 Å². The van der Waals surface area contributed by atoms with Crippen LogP contribution in [-0.4, -0.2) is 17.5 Å². The molecule has 0 unspecified atom stereocenters. The molecule has 17 heavy (non-hydrogen) atoms. The molecule has 0 aliphatic heterocycles. The third kappa shape index (κ3) is 4.14. The molecule has 1 aromatic rings. The van der Waals surface area contributed by atoms with Crippen molar-refractivity contribution in [2.24, 2.45) is 5.73 Å². The summed E-state index contributed by atoms with van der Waals surface area (Å²) in [7, 11) is 0. The van der Waals surface area contributed by atoms with Crippen LogP contribution in [0.5, 0.6) is 0 Å². The Balaban J connectivity index is 2.78. The van der Waals surface area contributed by atoms with Gasteiger partial charge in [-0.3, -0.25) is 4.90 Å². The van der Waals surface area contributed by atoms with Gasteiger partial charge in [0, 0.05) is 19.1 Å². The summed E-state index contributed by atoms with van der Waals surface area (Å²) in [6.07, 6.45) is 1.21. The smallest absolute Gasteiger partial charge is 0.0239 e. The SMILES string of the molecule is CCCN(Cc1ccc(CN)cc1C)C(C)C. The lowest BCUT2D eigenvalue weighted by Gasteiger charge is -2.26. The predicted octanol–water partition coefficient (Wildman–Crippen LogP) is 3.07. The van der Waals surface area contributed by atoms with Gasteiger partial charge in [-0.1, -0.05) is 25.1 Å². The summed E-state index contributed by atoms with van der Waals surface area (Å²) >= 11 is 0. The quantitative estimate of drug-likeness (QED) is 0.819. The van der Waals surface area contributed by atoms with Crippen LogP contribution in [0.3, 0.4) is 0 Å². The average molecular weight is 234 g/mol. The summed E-state index contributed by atoms with van der Waals surface area (Å²) in [6.45, 7) is 11.8. The number of hydrogen-bond acceptors (Lipinski definition) is 2. The monoisotopic (exact) mass is 234 g/mol. The molecular formula is C15H26N2. The van der Waals surface area contributed by atoms with Crippen molar-refractivity contribution in [2.75, 3.05) is 6.54 Å². The highest BCUT2D eigenvalue weighted by Crippen LogP contribution is 2.15. The van der Waals surface area contributed by atoms with E-state index in [4.69, 9.17) is 5.73 Å². The Morgan fingerprint density at radius 3 is 2.47 bits per heavy atom. The summed E-state index contributed by atoms with van der Waals surface area (Å²) in [5.41, 5.74) is 9.65. The van der Waals surface area contributed by atoms with Gasteiger partial charge < -0.3 is 5.73 Å². The van der Waals surface area contributed by atoms with E-state index < -0.39 is 0 Å². The fourth-order valence-electron chi connectivity index (χ4n) is 2.09. The highest BCUT2D eigenvalue weighted by molar-refractivity contribution is 5.31. The molecule has 0 aromatic heterocycles. The van der Waals surface area contributed by atoms with E-state index in [1.54, 1.807) is 0 Å². The topological polar surface area (TPSA) is 29.3 Å². The summed E-state index contributed by atoms with van der Waals surface area (Å²) < 4.78 is 0. The molecule has 0 heterocycles. The van der Waals surface area contributed by atoms with E-state index >= 15 is 0 Å². The molecule has 0 atom stereocenters. The predicted molar refractivity (Wildman–Crippen MR) is 74.9 cm³/mol. The van der Waals surface area contributed by atoms with Crippen LogP contribution in [0, 0.1) is 6.92 Å². The van der Waals surface area contributed by atoms with Gasteiger partial charge in [-0.05, 0) is 50.4 Å². The van der Waals surface area contributed by atoms with E-state index in [2.05, 4.69) is 50.8 Å². The van der Waals surface area contributed by atoms with Gasteiger partial charge in [-0.2, -0.15) is 0 Å². The minimum absolute atomic E-state index is 0.600. The van der Waals surface area contributed by atoms with Crippen molar-refractivity contribution < 1.29 is 0 Å². The Bertz CT molecular complexity index is 345. The molecule has 0 spiro atoms. The molecule has 0 bridgehead atoms. The van der Waals surface area contributed by atoms with Gasteiger partial charge in [-0.15, -0.1) is 0 Å². The van der Waals surface area contributed by atoms with Gasteiger partial charge in [0.15, 0.2) is 0 Å². The Labute approximate surface area is 106 Å². The molecule has 0 aliphatic rings. The molecule has 96 valence electrons. The molecule has 0 radical (unpaired) electrons. The van der Waals surface area contributed by atoms with Crippen LogP contribution < -0.4 is 5.73 Å². The fraction of sp³-hybridized carbons (Fsp3) is 0.600. The van der Waals surface area contributed by atoms with Gasteiger partial charge in [0.25, 0.3) is 0 Å². The van der Waals surface area contributed by atoms with E-state index in [-0.39, 0.29) is 0 Å². The minimum Gasteiger partial charge on any atom is -0.326 e. The lowest BCUT2D eigenvalue weighted by atomic mass is 10.0. The maximum atomic E-state index is 5.66.